The minimum absolute atomic E-state index is 0.0561. The number of carbonyl (C=O) groups is 1. The zero-order valence-corrected chi connectivity index (χ0v) is 10.3. The molecule has 0 unspecified atom stereocenters. The van der Waals surface area contributed by atoms with Gasteiger partial charge in [-0.15, -0.1) is 0 Å². The van der Waals surface area contributed by atoms with Gasteiger partial charge in [0, 0.05) is 6.20 Å². The highest BCUT2D eigenvalue weighted by Gasteiger charge is 2.26. The second-order valence-corrected chi connectivity index (χ2v) is 4.22. The van der Waals surface area contributed by atoms with Crippen molar-refractivity contribution in [3.63, 3.8) is 0 Å². The van der Waals surface area contributed by atoms with Gasteiger partial charge in [0.25, 0.3) is 0 Å². The van der Waals surface area contributed by atoms with Crippen LogP contribution in [0.2, 0.25) is 0 Å². The molecule has 0 aliphatic heterocycles. The number of methoxy groups -OCH3 is 1. The van der Waals surface area contributed by atoms with Crippen molar-refractivity contribution in [2.24, 2.45) is 11.7 Å². The summed E-state index contributed by atoms with van der Waals surface area (Å²) < 4.78 is 6.27. The third-order valence-electron chi connectivity index (χ3n) is 2.56. The van der Waals surface area contributed by atoms with Gasteiger partial charge in [0.2, 0.25) is 0 Å². The molecule has 6 heteroatoms. The summed E-state index contributed by atoms with van der Waals surface area (Å²) in [5.74, 6) is -0.284. The van der Waals surface area contributed by atoms with Gasteiger partial charge >= 0.3 is 5.97 Å². The molecule has 2 atom stereocenters. The van der Waals surface area contributed by atoms with Crippen LogP contribution in [-0.4, -0.2) is 34.6 Å². The van der Waals surface area contributed by atoms with Crippen LogP contribution in [0.5, 0.6) is 0 Å². The molecule has 17 heavy (non-hydrogen) atoms. The molecular weight excluding hydrogens is 222 g/mol. The Kier molecular flexibility index (Phi) is 4.65. The highest BCUT2D eigenvalue weighted by Crippen LogP contribution is 2.19. The number of esters is 1. The molecule has 1 rings (SSSR count). The van der Waals surface area contributed by atoms with Gasteiger partial charge in [0.05, 0.1) is 25.5 Å². The van der Waals surface area contributed by atoms with Crippen molar-refractivity contribution in [2.75, 3.05) is 13.7 Å². The SMILES string of the molecule is COC(=O)[C@H](C(C)C)n1ccc([C@@H](N)CO)n1. The van der Waals surface area contributed by atoms with E-state index in [1.165, 1.54) is 11.8 Å². The van der Waals surface area contributed by atoms with E-state index in [9.17, 15) is 4.79 Å². The average Bonchev–Trinajstić information content (AvgIpc) is 2.76. The van der Waals surface area contributed by atoms with Crippen molar-refractivity contribution in [2.45, 2.75) is 25.9 Å². The van der Waals surface area contributed by atoms with E-state index in [0.29, 0.717) is 5.69 Å². The molecule has 0 aliphatic carbocycles. The monoisotopic (exact) mass is 241 g/mol. The largest absolute Gasteiger partial charge is 0.467 e. The maximum absolute atomic E-state index is 11.6. The highest BCUT2D eigenvalue weighted by molar-refractivity contribution is 5.74. The maximum atomic E-state index is 11.6. The summed E-state index contributed by atoms with van der Waals surface area (Å²) in [6, 6.07) is 0.695. The molecule has 1 aromatic heterocycles. The fraction of sp³-hybridized carbons (Fsp3) is 0.636. The lowest BCUT2D eigenvalue weighted by molar-refractivity contribution is -0.146. The smallest absolute Gasteiger partial charge is 0.330 e. The molecule has 0 amide bonds. The van der Waals surface area contributed by atoms with Crippen molar-refractivity contribution < 1.29 is 14.6 Å². The summed E-state index contributed by atoms with van der Waals surface area (Å²) in [4.78, 5) is 11.6. The Morgan fingerprint density at radius 2 is 2.29 bits per heavy atom. The Bertz CT molecular complexity index is 376. The summed E-state index contributed by atoms with van der Waals surface area (Å²) in [6.07, 6.45) is 1.67. The van der Waals surface area contributed by atoms with Crippen molar-refractivity contribution in [3.05, 3.63) is 18.0 Å². The first-order valence-corrected chi connectivity index (χ1v) is 5.50. The Hall–Kier alpha value is -1.40. The van der Waals surface area contributed by atoms with Crippen LogP contribution < -0.4 is 5.73 Å². The zero-order chi connectivity index (χ0) is 13.0. The third kappa shape index (κ3) is 3.04. The van der Waals surface area contributed by atoms with Gasteiger partial charge < -0.3 is 15.6 Å². The van der Waals surface area contributed by atoms with E-state index in [0.717, 1.165) is 0 Å². The predicted molar refractivity (Wildman–Crippen MR) is 62.1 cm³/mol. The van der Waals surface area contributed by atoms with Crippen molar-refractivity contribution in [1.29, 1.82) is 0 Å². The average molecular weight is 241 g/mol. The molecule has 3 N–H and O–H groups in total. The number of carbonyl (C=O) groups excluding carboxylic acids is 1. The van der Waals surface area contributed by atoms with Gasteiger partial charge in [0.15, 0.2) is 6.04 Å². The van der Waals surface area contributed by atoms with E-state index >= 15 is 0 Å². The molecule has 0 saturated heterocycles. The summed E-state index contributed by atoms with van der Waals surface area (Å²) in [5.41, 5.74) is 6.21. The second kappa shape index (κ2) is 5.79. The van der Waals surface area contributed by atoms with Gasteiger partial charge in [-0.05, 0) is 12.0 Å². The molecular formula is C11H19N3O3. The molecule has 1 heterocycles. The summed E-state index contributed by atoms with van der Waals surface area (Å²) in [7, 11) is 1.35. The van der Waals surface area contributed by atoms with E-state index in [1.807, 2.05) is 13.8 Å². The van der Waals surface area contributed by atoms with Crippen molar-refractivity contribution in [3.8, 4) is 0 Å². The molecule has 0 bridgehead atoms. The van der Waals surface area contributed by atoms with Crippen LogP contribution in [0.1, 0.15) is 31.6 Å². The highest BCUT2D eigenvalue weighted by atomic mass is 16.5. The Labute approximate surface area is 100 Å². The topological polar surface area (TPSA) is 90.4 Å². The minimum atomic E-state index is -0.526. The summed E-state index contributed by atoms with van der Waals surface area (Å²) >= 11 is 0. The fourth-order valence-corrected chi connectivity index (χ4v) is 1.61. The first-order valence-electron chi connectivity index (χ1n) is 5.50. The van der Waals surface area contributed by atoms with Crippen LogP contribution in [0.3, 0.4) is 0 Å². The lowest BCUT2D eigenvalue weighted by Crippen LogP contribution is -2.26. The Morgan fingerprint density at radius 3 is 2.76 bits per heavy atom. The number of hydrogen-bond acceptors (Lipinski definition) is 5. The van der Waals surface area contributed by atoms with Crippen LogP contribution >= 0.6 is 0 Å². The number of aliphatic hydroxyl groups is 1. The minimum Gasteiger partial charge on any atom is -0.467 e. The number of aliphatic hydroxyl groups excluding tert-OH is 1. The molecule has 6 nitrogen and oxygen atoms in total. The Morgan fingerprint density at radius 1 is 1.65 bits per heavy atom. The standard InChI is InChI=1S/C11H19N3O3/c1-7(2)10(11(16)17-3)14-5-4-9(13-14)8(12)6-15/h4-5,7-8,10,15H,6,12H2,1-3H3/t8-,10-/m0/s1. The zero-order valence-electron chi connectivity index (χ0n) is 10.3. The number of hydrogen-bond donors (Lipinski definition) is 2. The van der Waals surface area contributed by atoms with Gasteiger partial charge in [-0.2, -0.15) is 5.10 Å². The first-order chi connectivity index (χ1) is 8.01. The quantitative estimate of drug-likeness (QED) is 0.721. The van der Waals surface area contributed by atoms with Crippen molar-refractivity contribution in [1.82, 2.24) is 9.78 Å². The number of nitrogens with zero attached hydrogens (tertiary/aromatic N) is 2. The lowest BCUT2D eigenvalue weighted by atomic mass is 10.1. The van der Waals surface area contributed by atoms with Gasteiger partial charge in [0.1, 0.15) is 0 Å². The van der Waals surface area contributed by atoms with Crippen LogP contribution in [0.4, 0.5) is 0 Å². The lowest BCUT2D eigenvalue weighted by Gasteiger charge is -2.18. The van der Waals surface area contributed by atoms with Crippen LogP contribution in [0.25, 0.3) is 0 Å². The van der Waals surface area contributed by atoms with Crippen molar-refractivity contribution >= 4 is 5.97 Å². The maximum Gasteiger partial charge on any atom is 0.330 e. The van der Waals surface area contributed by atoms with E-state index < -0.39 is 12.1 Å². The Balaban J connectivity index is 2.96. The summed E-state index contributed by atoms with van der Waals surface area (Å²) in [5, 5.41) is 13.1. The molecule has 0 fully saturated rings. The molecule has 96 valence electrons. The number of aromatic nitrogens is 2. The van der Waals surface area contributed by atoms with E-state index in [-0.39, 0.29) is 18.5 Å². The van der Waals surface area contributed by atoms with E-state index in [1.54, 1.807) is 12.3 Å². The van der Waals surface area contributed by atoms with Gasteiger partial charge in [-0.25, -0.2) is 4.79 Å². The van der Waals surface area contributed by atoms with Crippen LogP contribution in [0, 0.1) is 5.92 Å². The third-order valence-corrected chi connectivity index (χ3v) is 2.56. The fourth-order valence-electron chi connectivity index (χ4n) is 1.61. The normalized spacial score (nSPS) is 14.7. The molecule has 0 saturated carbocycles. The first kappa shape index (κ1) is 13.7. The van der Waals surface area contributed by atoms with E-state index in [4.69, 9.17) is 15.6 Å². The molecule has 0 aliphatic rings. The molecule has 0 spiro atoms. The summed E-state index contributed by atoms with van der Waals surface area (Å²) in [6.45, 7) is 3.64. The van der Waals surface area contributed by atoms with Gasteiger partial charge in [-0.3, -0.25) is 4.68 Å². The van der Waals surface area contributed by atoms with E-state index in [2.05, 4.69) is 5.10 Å². The number of ether oxygens (including phenoxy) is 1. The second-order valence-electron chi connectivity index (χ2n) is 4.22. The van der Waals surface area contributed by atoms with Crippen LogP contribution in [0.15, 0.2) is 12.3 Å². The molecule has 1 aromatic rings. The number of nitrogens with two attached hydrogens (primary N) is 1. The number of rotatable bonds is 5. The van der Waals surface area contributed by atoms with Crippen LogP contribution in [-0.2, 0) is 9.53 Å². The molecule has 0 aromatic carbocycles. The predicted octanol–water partition coefficient (Wildman–Crippen LogP) is 0.245. The molecule has 0 radical (unpaired) electrons. The van der Waals surface area contributed by atoms with Gasteiger partial charge in [-0.1, -0.05) is 13.8 Å².